The number of H-pyrrole nitrogens is 1. The van der Waals surface area contributed by atoms with Gasteiger partial charge in [-0.15, -0.1) is 11.3 Å². The first kappa shape index (κ1) is 14.9. The van der Waals surface area contributed by atoms with Gasteiger partial charge in [0.15, 0.2) is 0 Å². The van der Waals surface area contributed by atoms with Crippen molar-refractivity contribution in [3.63, 3.8) is 0 Å². The summed E-state index contributed by atoms with van der Waals surface area (Å²) in [6.45, 7) is 6.81. The van der Waals surface area contributed by atoms with Crippen LogP contribution in [0.1, 0.15) is 26.6 Å². The second-order valence-electron chi connectivity index (χ2n) is 6.31. The highest BCUT2D eigenvalue weighted by atomic mass is 32.1. The second-order valence-corrected chi connectivity index (χ2v) is 7.17. The van der Waals surface area contributed by atoms with Crippen LogP contribution >= 0.6 is 11.3 Å². The third-order valence-corrected chi connectivity index (χ3v) is 4.24. The van der Waals surface area contributed by atoms with Crippen LogP contribution < -0.4 is 10.9 Å². The van der Waals surface area contributed by atoms with Crippen molar-refractivity contribution in [2.24, 2.45) is 0 Å². The van der Waals surface area contributed by atoms with Crippen LogP contribution in [0.25, 0.3) is 21.3 Å². The fourth-order valence-corrected chi connectivity index (χ4v) is 3.22. The molecule has 0 saturated heterocycles. The van der Waals surface area contributed by atoms with E-state index in [1.165, 1.54) is 11.3 Å². The second kappa shape index (κ2) is 5.66. The average molecular weight is 313 g/mol. The Hall–Kier alpha value is -1.98. The Kier molecular flexibility index (Phi) is 3.85. The summed E-state index contributed by atoms with van der Waals surface area (Å²) >= 11 is 1.51. The van der Waals surface area contributed by atoms with Crippen LogP contribution in [0.4, 0.5) is 0 Å². The first-order valence-corrected chi connectivity index (χ1v) is 8.13. The van der Waals surface area contributed by atoms with Crippen molar-refractivity contribution in [1.82, 2.24) is 15.3 Å². The molecule has 3 aromatic rings. The zero-order valence-electron chi connectivity index (χ0n) is 12.9. The highest BCUT2D eigenvalue weighted by Crippen LogP contribution is 2.30. The molecule has 0 unspecified atom stereocenters. The van der Waals surface area contributed by atoms with Gasteiger partial charge in [-0.1, -0.05) is 30.3 Å². The molecule has 5 heteroatoms. The lowest BCUT2D eigenvalue weighted by Crippen LogP contribution is -2.36. The lowest BCUT2D eigenvalue weighted by atomic mass is 10.1. The molecule has 0 atom stereocenters. The molecule has 2 N–H and O–H groups in total. The van der Waals surface area contributed by atoms with Crippen molar-refractivity contribution in [2.45, 2.75) is 32.9 Å². The van der Waals surface area contributed by atoms with Gasteiger partial charge in [0, 0.05) is 16.5 Å². The Balaban J connectivity index is 2.02. The topological polar surface area (TPSA) is 57.8 Å². The summed E-state index contributed by atoms with van der Waals surface area (Å²) in [5.74, 6) is 0.675. The lowest BCUT2D eigenvalue weighted by Gasteiger charge is -2.19. The fourth-order valence-electron chi connectivity index (χ4n) is 2.26. The van der Waals surface area contributed by atoms with E-state index in [4.69, 9.17) is 0 Å². The molecule has 3 rings (SSSR count). The number of rotatable bonds is 3. The quantitative estimate of drug-likeness (QED) is 0.777. The Morgan fingerprint density at radius 1 is 1.23 bits per heavy atom. The maximum Gasteiger partial charge on any atom is 0.260 e. The molecular weight excluding hydrogens is 294 g/mol. The highest BCUT2D eigenvalue weighted by molar-refractivity contribution is 7.17. The van der Waals surface area contributed by atoms with E-state index < -0.39 is 0 Å². The molecule has 0 spiro atoms. The van der Waals surface area contributed by atoms with Crippen LogP contribution in [0.15, 0.2) is 40.5 Å². The van der Waals surface area contributed by atoms with Crippen LogP contribution in [0.3, 0.4) is 0 Å². The maximum absolute atomic E-state index is 12.5. The number of benzene rings is 1. The van der Waals surface area contributed by atoms with Crippen LogP contribution in [0, 0.1) is 0 Å². The van der Waals surface area contributed by atoms with Gasteiger partial charge in [-0.25, -0.2) is 4.98 Å². The van der Waals surface area contributed by atoms with Crippen molar-refractivity contribution in [1.29, 1.82) is 0 Å². The fraction of sp³-hybridized carbons (Fsp3) is 0.294. The Morgan fingerprint density at radius 3 is 2.64 bits per heavy atom. The number of hydrogen-bond acceptors (Lipinski definition) is 4. The highest BCUT2D eigenvalue weighted by Gasteiger charge is 2.14. The van der Waals surface area contributed by atoms with Crippen molar-refractivity contribution in [3.05, 3.63) is 51.9 Å². The van der Waals surface area contributed by atoms with Crippen molar-refractivity contribution in [3.8, 4) is 11.1 Å². The van der Waals surface area contributed by atoms with E-state index in [1.54, 1.807) is 0 Å². The number of thiophene rings is 1. The van der Waals surface area contributed by atoms with Gasteiger partial charge in [-0.05, 0) is 26.3 Å². The van der Waals surface area contributed by atoms with Crippen LogP contribution in [-0.4, -0.2) is 15.5 Å². The van der Waals surface area contributed by atoms with Gasteiger partial charge in [-0.3, -0.25) is 4.79 Å². The average Bonchev–Trinajstić information content (AvgIpc) is 2.90. The lowest BCUT2D eigenvalue weighted by molar-refractivity contribution is 0.418. The van der Waals surface area contributed by atoms with Crippen LogP contribution in [-0.2, 0) is 6.54 Å². The maximum atomic E-state index is 12.5. The van der Waals surface area contributed by atoms with Crippen LogP contribution in [0.2, 0.25) is 0 Å². The number of hydrogen-bond donors (Lipinski definition) is 2. The normalized spacial score (nSPS) is 12.0. The number of nitrogens with zero attached hydrogens (tertiary/aromatic N) is 1. The molecule has 22 heavy (non-hydrogen) atoms. The van der Waals surface area contributed by atoms with E-state index in [-0.39, 0.29) is 11.1 Å². The van der Waals surface area contributed by atoms with Gasteiger partial charge >= 0.3 is 0 Å². The smallest absolute Gasteiger partial charge is 0.260 e. The first-order valence-electron chi connectivity index (χ1n) is 7.25. The Morgan fingerprint density at radius 2 is 1.95 bits per heavy atom. The number of aromatic amines is 1. The minimum Gasteiger partial charge on any atom is -0.309 e. The minimum absolute atomic E-state index is 0.0157. The predicted molar refractivity (Wildman–Crippen MR) is 92.3 cm³/mol. The van der Waals surface area contributed by atoms with Crippen molar-refractivity contribution in [2.75, 3.05) is 0 Å². The van der Waals surface area contributed by atoms with Gasteiger partial charge in [0.1, 0.15) is 10.7 Å². The number of fused-ring (bicyclic) bond motifs is 1. The van der Waals surface area contributed by atoms with E-state index in [9.17, 15) is 4.79 Å². The molecule has 2 aromatic heterocycles. The summed E-state index contributed by atoms with van der Waals surface area (Å²) in [4.78, 5) is 20.7. The van der Waals surface area contributed by atoms with E-state index in [0.717, 1.165) is 16.0 Å². The molecule has 0 aliphatic carbocycles. The number of aromatic nitrogens is 2. The SMILES string of the molecule is CC(C)(C)NCc1nc2scc(-c3ccccc3)c2c(=O)[nH]1. The molecule has 0 radical (unpaired) electrons. The molecule has 114 valence electrons. The monoisotopic (exact) mass is 313 g/mol. The summed E-state index contributed by atoms with van der Waals surface area (Å²) in [7, 11) is 0. The van der Waals surface area contributed by atoms with Gasteiger partial charge in [0.25, 0.3) is 5.56 Å². The molecule has 4 nitrogen and oxygen atoms in total. The molecule has 2 heterocycles. The van der Waals surface area contributed by atoms with E-state index >= 15 is 0 Å². The molecule has 0 saturated carbocycles. The van der Waals surface area contributed by atoms with Gasteiger partial charge < -0.3 is 10.3 Å². The number of nitrogens with one attached hydrogen (secondary N) is 2. The molecule has 0 aliphatic heterocycles. The van der Waals surface area contributed by atoms with Crippen molar-refractivity contribution >= 4 is 21.6 Å². The molecule has 0 fully saturated rings. The zero-order valence-corrected chi connectivity index (χ0v) is 13.8. The Bertz CT molecular complexity index is 844. The van der Waals surface area contributed by atoms with E-state index in [1.807, 2.05) is 35.7 Å². The summed E-state index contributed by atoms with van der Waals surface area (Å²) in [6.07, 6.45) is 0. The minimum atomic E-state index is -0.0733. The molecule has 0 amide bonds. The largest absolute Gasteiger partial charge is 0.309 e. The van der Waals surface area contributed by atoms with Crippen molar-refractivity contribution < 1.29 is 0 Å². The Labute approximate surface area is 133 Å². The standard InChI is InChI=1S/C17H19N3OS/c1-17(2,3)18-9-13-19-15(21)14-12(10-22-16(14)20-13)11-7-5-4-6-8-11/h4-8,10,18H,9H2,1-3H3,(H,19,20,21). The van der Waals surface area contributed by atoms with Gasteiger partial charge in [0.2, 0.25) is 0 Å². The predicted octanol–water partition coefficient (Wildman–Crippen LogP) is 3.54. The summed E-state index contributed by atoms with van der Waals surface area (Å²) in [6, 6.07) is 9.94. The van der Waals surface area contributed by atoms with Gasteiger partial charge in [0.05, 0.1) is 11.9 Å². The molecule has 0 aliphatic rings. The summed E-state index contributed by atoms with van der Waals surface area (Å²) in [5.41, 5.74) is 1.90. The molecule has 0 bridgehead atoms. The summed E-state index contributed by atoms with van der Waals surface area (Å²) in [5, 5.41) is 6.02. The first-order chi connectivity index (χ1) is 10.4. The molecule has 1 aromatic carbocycles. The van der Waals surface area contributed by atoms with E-state index in [0.29, 0.717) is 17.8 Å². The third-order valence-electron chi connectivity index (χ3n) is 3.36. The van der Waals surface area contributed by atoms with Gasteiger partial charge in [-0.2, -0.15) is 0 Å². The molecular formula is C17H19N3OS. The van der Waals surface area contributed by atoms with Crippen LogP contribution in [0.5, 0.6) is 0 Å². The summed E-state index contributed by atoms with van der Waals surface area (Å²) < 4.78 is 0. The third kappa shape index (κ3) is 3.10. The zero-order chi connectivity index (χ0) is 15.7. The van der Waals surface area contributed by atoms with E-state index in [2.05, 4.69) is 36.1 Å².